The first kappa shape index (κ1) is 15.3. The molecule has 2 aromatic rings. The molecule has 2 unspecified atom stereocenters. The third kappa shape index (κ3) is 2.37. The Kier molecular flexibility index (Phi) is 4.07. The first-order chi connectivity index (χ1) is 10.6. The first-order valence-electron chi connectivity index (χ1n) is 8.23. The fraction of sp³-hybridized carbons (Fsp3) is 0.400. The Labute approximate surface area is 133 Å². The van der Waals surface area contributed by atoms with Gasteiger partial charge in [0, 0.05) is 17.0 Å². The Balaban J connectivity index is 2.05. The molecule has 0 bridgehead atoms. The van der Waals surface area contributed by atoms with Gasteiger partial charge in [-0.1, -0.05) is 73.5 Å². The maximum atomic E-state index is 6.94. The standard InChI is InChI=1S/C20H26N2/c1-19(22,17-12-6-3-7-13-17)20(14-8-9-15-20)18(21)16-10-4-2-5-11-16/h2-7,10-13,18H,8-9,14-15,21-22H2,1H3. The molecule has 1 aliphatic carbocycles. The fourth-order valence-corrected chi connectivity index (χ4v) is 4.21. The Morgan fingerprint density at radius 2 is 1.41 bits per heavy atom. The van der Waals surface area contributed by atoms with E-state index in [-0.39, 0.29) is 11.5 Å². The lowest BCUT2D eigenvalue weighted by Crippen LogP contribution is -2.54. The van der Waals surface area contributed by atoms with Crippen LogP contribution >= 0.6 is 0 Å². The molecule has 2 nitrogen and oxygen atoms in total. The summed E-state index contributed by atoms with van der Waals surface area (Å²) < 4.78 is 0. The second-order valence-corrected chi connectivity index (χ2v) is 6.82. The van der Waals surface area contributed by atoms with Gasteiger partial charge in [0.15, 0.2) is 0 Å². The van der Waals surface area contributed by atoms with E-state index < -0.39 is 5.54 Å². The van der Waals surface area contributed by atoms with Crippen molar-refractivity contribution in [1.82, 2.24) is 0 Å². The van der Waals surface area contributed by atoms with E-state index in [2.05, 4.69) is 55.5 Å². The van der Waals surface area contributed by atoms with Crippen LogP contribution in [0.25, 0.3) is 0 Å². The quantitative estimate of drug-likeness (QED) is 0.891. The monoisotopic (exact) mass is 294 g/mol. The molecule has 0 spiro atoms. The number of hydrogen-bond acceptors (Lipinski definition) is 2. The molecule has 4 N–H and O–H groups in total. The van der Waals surface area contributed by atoms with Gasteiger partial charge in [-0.05, 0) is 30.9 Å². The van der Waals surface area contributed by atoms with Crippen molar-refractivity contribution in [3.63, 3.8) is 0 Å². The molecule has 3 rings (SSSR count). The highest BCUT2D eigenvalue weighted by Gasteiger charge is 2.52. The molecular weight excluding hydrogens is 268 g/mol. The van der Waals surface area contributed by atoms with E-state index in [1.165, 1.54) is 24.0 Å². The Morgan fingerprint density at radius 1 is 0.909 bits per heavy atom. The molecule has 0 aliphatic heterocycles. The van der Waals surface area contributed by atoms with E-state index in [0.717, 1.165) is 12.8 Å². The molecule has 0 amide bonds. The van der Waals surface area contributed by atoms with E-state index in [0.29, 0.717) is 0 Å². The third-order valence-electron chi connectivity index (χ3n) is 5.66. The van der Waals surface area contributed by atoms with Gasteiger partial charge in [-0.3, -0.25) is 0 Å². The second kappa shape index (κ2) is 5.86. The van der Waals surface area contributed by atoms with Gasteiger partial charge in [0.05, 0.1) is 0 Å². The van der Waals surface area contributed by atoms with Crippen LogP contribution in [0.5, 0.6) is 0 Å². The molecule has 1 aliphatic rings. The van der Waals surface area contributed by atoms with Crippen LogP contribution in [0.4, 0.5) is 0 Å². The third-order valence-corrected chi connectivity index (χ3v) is 5.66. The topological polar surface area (TPSA) is 52.0 Å². The summed E-state index contributed by atoms with van der Waals surface area (Å²) in [5.74, 6) is 0. The summed E-state index contributed by atoms with van der Waals surface area (Å²) in [7, 11) is 0. The van der Waals surface area contributed by atoms with Gasteiger partial charge in [-0.25, -0.2) is 0 Å². The summed E-state index contributed by atoms with van der Waals surface area (Å²) in [5.41, 5.74) is 15.6. The highest BCUT2D eigenvalue weighted by Crippen LogP contribution is 2.56. The molecule has 2 aromatic carbocycles. The molecule has 1 fully saturated rings. The average Bonchev–Trinajstić information content (AvgIpc) is 3.07. The summed E-state index contributed by atoms with van der Waals surface area (Å²) in [4.78, 5) is 0. The molecule has 0 aromatic heterocycles. The van der Waals surface area contributed by atoms with E-state index in [9.17, 15) is 0 Å². The highest BCUT2D eigenvalue weighted by atomic mass is 14.9. The molecule has 22 heavy (non-hydrogen) atoms. The zero-order chi connectivity index (χ0) is 15.6. The second-order valence-electron chi connectivity index (χ2n) is 6.82. The summed E-state index contributed by atoms with van der Waals surface area (Å²) in [6, 6.07) is 20.8. The molecule has 116 valence electrons. The van der Waals surface area contributed by atoms with Gasteiger partial charge in [-0.2, -0.15) is 0 Å². The maximum absolute atomic E-state index is 6.94. The van der Waals surface area contributed by atoms with Gasteiger partial charge in [-0.15, -0.1) is 0 Å². The lowest BCUT2D eigenvalue weighted by atomic mass is 9.61. The molecule has 1 saturated carbocycles. The lowest BCUT2D eigenvalue weighted by Gasteiger charge is -2.48. The summed E-state index contributed by atoms with van der Waals surface area (Å²) in [5, 5.41) is 0. The van der Waals surface area contributed by atoms with Crippen molar-refractivity contribution in [2.45, 2.75) is 44.2 Å². The van der Waals surface area contributed by atoms with Crippen molar-refractivity contribution in [3.8, 4) is 0 Å². The van der Waals surface area contributed by atoms with E-state index in [1.54, 1.807) is 0 Å². The Morgan fingerprint density at radius 3 is 1.95 bits per heavy atom. The lowest BCUT2D eigenvalue weighted by molar-refractivity contribution is 0.100. The minimum absolute atomic E-state index is 0.0357. The number of benzene rings is 2. The van der Waals surface area contributed by atoms with Crippen LogP contribution in [0.1, 0.15) is 49.8 Å². The predicted octanol–water partition coefficient (Wildman–Crippen LogP) is 4.12. The molecule has 2 heteroatoms. The zero-order valence-electron chi connectivity index (χ0n) is 13.3. The van der Waals surface area contributed by atoms with Crippen molar-refractivity contribution in [2.24, 2.45) is 16.9 Å². The predicted molar refractivity (Wildman–Crippen MR) is 92.3 cm³/mol. The van der Waals surface area contributed by atoms with Crippen LogP contribution in [0.2, 0.25) is 0 Å². The number of nitrogens with two attached hydrogens (primary N) is 2. The van der Waals surface area contributed by atoms with Crippen LogP contribution < -0.4 is 11.5 Å². The van der Waals surface area contributed by atoms with E-state index >= 15 is 0 Å². The SMILES string of the molecule is CC(N)(c1ccccc1)C1(C(N)c2ccccc2)CCCC1. The van der Waals surface area contributed by atoms with E-state index in [4.69, 9.17) is 11.5 Å². The fourth-order valence-electron chi connectivity index (χ4n) is 4.21. The summed E-state index contributed by atoms with van der Waals surface area (Å²) in [6.45, 7) is 2.16. The number of rotatable bonds is 4. The highest BCUT2D eigenvalue weighted by molar-refractivity contribution is 5.31. The van der Waals surface area contributed by atoms with Crippen molar-refractivity contribution >= 4 is 0 Å². The summed E-state index contributed by atoms with van der Waals surface area (Å²) in [6.07, 6.45) is 4.59. The Bertz CT molecular complexity index is 598. The van der Waals surface area contributed by atoms with Gasteiger partial charge < -0.3 is 11.5 Å². The first-order valence-corrected chi connectivity index (χ1v) is 8.23. The largest absolute Gasteiger partial charge is 0.323 e. The normalized spacial score (nSPS) is 21.2. The van der Waals surface area contributed by atoms with Gasteiger partial charge in [0.25, 0.3) is 0 Å². The smallest absolute Gasteiger partial charge is 0.0456 e. The van der Waals surface area contributed by atoms with Gasteiger partial charge >= 0.3 is 0 Å². The van der Waals surface area contributed by atoms with E-state index in [1.807, 2.05) is 12.1 Å². The molecule has 2 atom stereocenters. The minimum atomic E-state index is -0.431. The van der Waals surface area contributed by atoms with Crippen LogP contribution in [-0.4, -0.2) is 0 Å². The number of hydrogen-bond donors (Lipinski definition) is 2. The maximum Gasteiger partial charge on any atom is 0.0456 e. The molecule has 0 radical (unpaired) electrons. The molecule has 0 saturated heterocycles. The average molecular weight is 294 g/mol. The summed E-state index contributed by atoms with van der Waals surface area (Å²) >= 11 is 0. The van der Waals surface area contributed by atoms with Crippen LogP contribution in [0.15, 0.2) is 60.7 Å². The molecular formula is C20H26N2. The Hall–Kier alpha value is -1.64. The van der Waals surface area contributed by atoms with Crippen LogP contribution in [0, 0.1) is 5.41 Å². The van der Waals surface area contributed by atoms with Crippen LogP contribution in [0.3, 0.4) is 0 Å². The van der Waals surface area contributed by atoms with Gasteiger partial charge in [0.1, 0.15) is 0 Å². The van der Waals surface area contributed by atoms with Gasteiger partial charge in [0.2, 0.25) is 0 Å². The van der Waals surface area contributed by atoms with Crippen molar-refractivity contribution < 1.29 is 0 Å². The van der Waals surface area contributed by atoms with Crippen molar-refractivity contribution in [1.29, 1.82) is 0 Å². The van der Waals surface area contributed by atoms with Crippen LogP contribution in [-0.2, 0) is 5.54 Å². The van der Waals surface area contributed by atoms with Crippen molar-refractivity contribution in [3.05, 3.63) is 71.8 Å². The van der Waals surface area contributed by atoms with Crippen molar-refractivity contribution in [2.75, 3.05) is 0 Å². The minimum Gasteiger partial charge on any atom is -0.323 e. The molecule has 0 heterocycles. The zero-order valence-corrected chi connectivity index (χ0v) is 13.3.